The molecular formula is C11H15NO. The van der Waals surface area contributed by atoms with Crippen LogP contribution < -0.4 is 5.73 Å². The van der Waals surface area contributed by atoms with Crippen molar-refractivity contribution in [3.05, 3.63) is 28.8 Å². The van der Waals surface area contributed by atoms with Crippen molar-refractivity contribution in [3.63, 3.8) is 0 Å². The van der Waals surface area contributed by atoms with Gasteiger partial charge in [0.2, 0.25) is 0 Å². The van der Waals surface area contributed by atoms with Crippen LogP contribution in [0.5, 0.6) is 5.75 Å². The molecular weight excluding hydrogens is 162 g/mol. The van der Waals surface area contributed by atoms with Gasteiger partial charge in [-0.25, -0.2) is 0 Å². The normalized spacial score (nSPS) is 26.1. The minimum absolute atomic E-state index is 0.0184. The van der Waals surface area contributed by atoms with Crippen LogP contribution in [0.1, 0.15) is 42.0 Å². The number of benzene rings is 1. The molecule has 0 bridgehead atoms. The maximum absolute atomic E-state index is 9.66. The highest BCUT2D eigenvalue weighted by atomic mass is 16.3. The third-order valence-corrected chi connectivity index (χ3v) is 2.95. The molecule has 0 saturated heterocycles. The standard InChI is InChI=1S/C11H15NO/c1-6-3-4-9(13)11-8(12)5-7(2)10(6)11/h3-4,7-8,13H,5,12H2,1-2H3. The van der Waals surface area contributed by atoms with Crippen molar-refractivity contribution in [1.82, 2.24) is 0 Å². The first kappa shape index (κ1) is 8.57. The van der Waals surface area contributed by atoms with Gasteiger partial charge in [0.1, 0.15) is 5.75 Å². The van der Waals surface area contributed by atoms with Gasteiger partial charge in [0.05, 0.1) is 0 Å². The van der Waals surface area contributed by atoms with Crippen molar-refractivity contribution in [2.45, 2.75) is 32.2 Å². The molecule has 0 aromatic heterocycles. The first-order valence-electron chi connectivity index (χ1n) is 4.69. The molecule has 2 heteroatoms. The van der Waals surface area contributed by atoms with Crippen LogP contribution in [0, 0.1) is 6.92 Å². The Balaban J connectivity index is 2.67. The van der Waals surface area contributed by atoms with Crippen LogP contribution >= 0.6 is 0 Å². The first-order valence-corrected chi connectivity index (χ1v) is 4.69. The first-order chi connectivity index (χ1) is 6.11. The van der Waals surface area contributed by atoms with Gasteiger partial charge in [-0.1, -0.05) is 13.0 Å². The monoisotopic (exact) mass is 177 g/mol. The minimum Gasteiger partial charge on any atom is -0.508 e. The lowest BCUT2D eigenvalue weighted by Crippen LogP contribution is -2.05. The van der Waals surface area contributed by atoms with Crippen LogP contribution in [0.3, 0.4) is 0 Å². The number of aryl methyl sites for hydroxylation is 1. The predicted octanol–water partition coefficient (Wildman–Crippen LogP) is 2.21. The summed E-state index contributed by atoms with van der Waals surface area (Å²) in [6, 6.07) is 3.72. The summed E-state index contributed by atoms with van der Waals surface area (Å²) >= 11 is 0. The predicted molar refractivity (Wildman–Crippen MR) is 52.8 cm³/mol. The van der Waals surface area contributed by atoms with Crippen LogP contribution in [0.25, 0.3) is 0 Å². The van der Waals surface area contributed by atoms with E-state index in [1.807, 2.05) is 6.07 Å². The molecule has 2 nitrogen and oxygen atoms in total. The van der Waals surface area contributed by atoms with E-state index in [2.05, 4.69) is 13.8 Å². The third kappa shape index (κ3) is 1.13. The van der Waals surface area contributed by atoms with E-state index in [4.69, 9.17) is 5.73 Å². The Hall–Kier alpha value is -1.02. The van der Waals surface area contributed by atoms with E-state index < -0.39 is 0 Å². The van der Waals surface area contributed by atoms with E-state index in [1.54, 1.807) is 6.07 Å². The van der Waals surface area contributed by atoms with E-state index in [9.17, 15) is 5.11 Å². The van der Waals surface area contributed by atoms with Gasteiger partial charge < -0.3 is 10.8 Å². The van der Waals surface area contributed by atoms with Gasteiger partial charge in [-0.2, -0.15) is 0 Å². The van der Waals surface area contributed by atoms with Gasteiger partial charge in [-0.15, -0.1) is 0 Å². The molecule has 1 aliphatic carbocycles. The highest BCUT2D eigenvalue weighted by molar-refractivity contribution is 5.50. The van der Waals surface area contributed by atoms with E-state index in [1.165, 1.54) is 11.1 Å². The lowest BCUT2D eigenvalue weighted by molar-refractivity contribution is 0.463. The Labute approximate surface area is 78.4 Å². The average molecular weight is 177 g/mol. The van der Waals surface area contributed by atoms with Crippen LogP contribution in [-0.2, 0) is 0 Å². The molecule has 70 valence electrons. The Morgan fingerprint density at radius 1 is 1.38 bits per heavy atom. The van der Waals surface area contributed by atoms with E-state index in [-0.39, 0.29) is 6.04 Å². The van der Waals surface area contributed by atoms with Gasteiger partial charge in [0.25, 0.3) is 0 Å². The van der Waals surface area contributed by atoms with Crippen molar-refractivity contribution < 1.29 is 5.11 Å². The number of aromatic hydroxyl groups is 1. The van der Waals surface area contributed by atoms with Crippen molar-refractivity contribution in [2.24, 2.45) is 5.73 Å². The van der Waals surface area contributed by atoms with Crippen LogP contribution in [0.4, 0.5) is 0 Å². The molecule has 0 fully saturated rings. The van der Waals surface area contributed by atoms with Crippen LogP contribution in [0.2, 0.25) is 0 Å². The van der Waals surface area contributed by atoms with Crippen LogP contribution in [-0.4, -0.2) is 5.11 Å². The molecule has 1 aromatic carbocycles. The molecule has 0 aliphatic heterocycles. The SMILES string of the molecule is Cc1ccc(O)c2c1C(C)CC2N. The molecule has 0 saturated carbocycles. The van der Waals surface area contributed by atoms with E-state index >= 15 is 0 Å². The molecule has 13 heavy (non-hydrogen) atoms. The summed E-state index contributed by atoms with van der Waals surface area (Å²) in [4.78, 5) is 0. The average Bonchev–Trinajstić information content (AvgIpc) is 2.36. The Bertz CT molecular complexity index is 313. The molecule has 2 rings (SSSR count). The number of hydrogen-bond acceptors (Lipinski definition) is 2. The van der Waals surface area contributed by atoms with Crippen molar-refractivity contribution in [3.8, 4) is 5.75 Å². The fourth-order valence-electron chi connectivity index (χ4n) is 2.39. The summed E-state index contributed by atoms with van der Waals surface area (Å²) < 4.78 is 0. The third-order valence-electron chi connectivity index (χ3n) is 2.95. The molecule has 2 unspecified atom stereocenters. The Morgan fingerprint density at radius 2 is 2.08 bits per heavy atom. The maximum Gasteiger partial charge on any atom is 0.120 e. The van der Waals surface area contributed by atoms with Crippen molar-refractivity contribution in [1.29, 1.82) is 0 Å². The second-order valence-corrected chi connectivity index (χ2v) is 3.97. The second-order valence-electron chi connectivity index (χ2n) is 3.97. The number of nitrogens with two attached hydrogens (primary N) is 1. The quantitative estimate of drug-likeness (QED) is 0.638. The largest absolute Gasteiger partial charge is 0.508 e. The smallest absolute Gasteiger partial charge is 0.120 e. The van der Waals surface area contributed by atoms with Crippen molar-refractivity contribution in [2.75, 3.05) is 0 Å². The molecule has 1 aliphatic rings. The molecule has 0 heterocycles. The zero-order valence-corrected chi connectivity index (χ0v) is 8.04. The lowest BCUT2D eigenvalue weighted by Gasteiger charge is -2.10. The highest BCUT2D eigenvalue weighted by Crippen LogP contribution is 2.44. The molecule has 0 radical (unpaired) electrons. The highest BCUT2D eigenvalue weighted by Gasteiger charge is 2.29. The van der Waals surface area contributed by atoms with Gasteiger partial charge in [0.15, 0.2) is 0 Å². The second kappa shape index (κ2) is 2.74. The molecule has 0 amide bonds. The summed E-state index contributed by atoms with van der Waals surface area (Å²) in [6.07, 6.45) is 0.952. The number of phenols is 1. The van der Waals surface area contributed by atoms with Crippen LogP contribution in [0.15, 0.2) is 12.1 Å². The summed E-state index contributed by atoms with van der Waals surface area (Å²) in [7, 11) is 0. The maximum atomic E-state index is 9.66. The Morgan fingerprint density at radius 3 is 2.69 bits per heavy atom. The number of fused-ring (bicyclic) bond motifs is 1. The molecule has 3 N–H and O–H groups in total. The molecule has 1 aromatic rings. The fraction of sp³-hybridized carbons (Fsp3) is 0.455. The lowest BCUT2D eigenvalue weighted by atomic mass is 9.97. The fourth-order valence-corrected chi connectivity index (χ4v) is 2.39. The van der Waals surface area contributed by atoms with E-state index in [0.717, 1.165) is 12.0 Å². The number of hydrogen-bond donors (Lipinski definition) is 2. The van der Waals surface area contributed by atoms with Gasteiger partial charge in [0, 0.05) is 11.6 Å². The summed E-state index contributed by atoms with van der Waals surface area (Å²) in [5, 5.41) is 9.66. The van der Waals surface area contributed by atoms with Gasteiger partial charge in [-0.05, 0) is 36.5 Å². The molecule has 0 spiro atoms. The zero-order valence-electron chi connectivity index (χ0n) is 8.04. The molecule has 2 atom stereocenters. The summed E-state index contributed by atoms with van der Waals surface area (Å²) in [5.41, 5.74) is 9.41. The van der Waals surface area contributed by atoms with Gasteiger partial charge >= 0.3 is 0 Å². The zero-order chi connectivity index (χ0) is 9.59. The van der Waals surface area contributed by atoms with Crippen molar-refractivity contribution >= 4 is 0 Å². The summed E-state index contributed by atoms with van der Waals surface area (Å²) in [6.45, 7) is 4.24. The number of rotatable bonds is 0. The van der Waals surface area contributed by atoms with Gasteiger partial charge in [-0.3, -0.25) is 0 Å². The number of phenolic OH excluding ortho intramolecular Hbond substituents is 1. The Kier molecular flexibility index (Phi) is 1.81. The summed E-state index contributed by atoms with van der Waals surface area (Å²) in [5.74, 6) is 0.842. The minimum atomic E-state index is 0.0184. The topological polar surface area (TPSA) is 46.2 Å². The van der Waals surface area contributed by atoms with E-state index in [0.29, 0.717) is 11.7 Å².